The number of rotatable bonds is 6. The van der Waals surface area contributed by atoms with Crippen molar-refractivity contribution in [2.24, 2.45) is 11.8 Å². The van der Waals surface area contributed by atoms with E-state index >= 15 is 0 Å². The highest BCUT2D eigenvalue weighted by molar-refractivity contribution is 7.89. The number of hydrogen-bond donors (Lipinski definition) is 0. The van der Waals surface area contributed by atoms with Crippen molar-refractivity contribution in [1.82, 2.24) is 4.31 Å². The maximum atomic E-state index is 12.9. The molecular weight excluding hydrogens is 362 g/mol. The Labute approximate surface area is 160 Å². The minimum Gasteiger partial charge on any atom is -0.300 e. The lowest BCUT2D eigenvalue weighted by atomic mass is 9.87. The zero-order valence-corrected chi connectivity index (χ0v) is 16.3. The minimum atomic E-state index is -3.69. The van der Waals surface area contributed by atoms with Gasteiger partial charge in [0, 0.05) is 31.0 Å². The highest BCUT2D eigenvalue weighted by Gasteiger charge is 2.42. The number of carbonyl (C=O) groups is 2. The zero-order valence-electron chi connectivity index (χ0n) is 15.5. The number of aryl methyl sites for hydroxylation is 1. The van der Waals surface area contributed by atoms with Crippen LogP contribution in [0.5, 0.6) is 0 Å². The normalized spacial score (nSPS) is 20.5. The quantitative estimate of drug-likeness (QED) is 0.717. The first-order valence-corrected chi connectivity index (χ1v) is 10.4. The molecule has 1 saturated heterocycles. The van der Waals surface area contributed by atoms with Crippen LogP contribution in [0.25, 0.3) is 0 Å². The molecule has 5 nitrogen and oxygen atoms in total. The first-order valence-electron chi connectivity index (χ1n) is 8.94. The fourth-order valence-electron chi connectivity index (χ4n) is 3.53. The zero-order chi connectivity index (χ0) is 19.6. The van der Waals surface area contributed by atoms with Crippen molar-refractivity contribution in [3.8, 4) is 0 Å². The Morgan fingerprint density at radius 2 is 1.63 bits per heavy atom. The predicted octanol–water partition coefficient (Wildman–Crippen LogP) is 3.09. The van der Waals surface area contributed by atoms with Crippen LogP contribution in [0.2, 0.25) is 0 Å². The van der Waals surface area contributed by atoms with Crippen LogP contribution in [0.15, 0.2) is 59.5 Å². The van der Waals surface area contributed by atoms with Gasteiger partial charge in [0.2, 0.25) is 10.0 Å². The summed E-state index contributed by atoms with van der Waals surface area (Å²) in [6.45, 7) is 3.66. The van der Waals surface area contributed by atoms with Crippen LogP contribution in [0.4, 0.5) is 0 Å². The molecule has 0 saturated carbocycles. The second-order valence-corrected chi connectivity index (χ2v) is 9.04. The first kappa shape index (κ1) is 19.5. The number of benzene rings is 2. The standard InChI is InChI=1S/C21H23NO4S/c1-15-8-10-19(11-9-15)27(25,26)22-13-18(20(14-22)16(2)23)12-21(24)17-6-4-3-5-7-17/h3-11,18,20H,12-14H2,1-2H3. The van der Waals surface area contributed by atoms with Crippen LogP contribution in [-0.2, 0) is 14.8 Å². The molecule has 6 heteroatoms. The van der Waals surface area contributed by atoms with Crippen LogP contribution >= 0.6 is 0 Å². The molecule has 1 aliphatic heterocycles. The first-order chi connectivity index (χ1) is 12.8. The van der Waals surface area contributed by atoms with E-state index in [4.69, 9.17) is 0 Å². The van der Waals surface area contributed by atoms with Gasteiger partial charge < -0.3 is 0 Å². The van der Waals surface area contributed by atoms with Crippen LogP contribution in [0.3, 0.4) is 0 Å². The molecule has 0 radical (unpaired) electrons. The van der Waals surface area contributed by atoms with Gasteiger partial charge in [-0.25, -0.2) is 8.42 Å². The molecule has 1 heterocycles. The highest BCUT2D eigenvalue weighted by Crippen LogP contribution is 2.32. The Hall–Kier alpha value is -2.31. The van der Waals surface area contributed by atoms with Crippen molar-refractivity contribution in [2.75, 3.05) is 13.1 Å². The molecule has 2 atom stereocenters. The predicted molar refractivity (Wildman–Crippen MR) is 103 cm³/mol. The van der Waals surface area contributed by atoms with Crippen LogP contribution < -0.4 is 0 Å². The monoisotopic (exact) mass is 385 g/mol. The summed E-state index contributed by atoms with van der Waals surface area (Å²) >= 11 is 0. The molecule has 1 aliphatic rings. The lowest BCUT2D eigenvalue weighted by molar-refractivity contribution is -0.121. The van der Waals surface area contributed by atoms with E-state index in [9.17, 15) is 18.0 Å². The third-order valence-electron chi connectivity index (χ3n) is 5.13. The van der Waals surface area contributed by atoms with Gasteiger partial charge >= 0.3 is 0 Å². The molecule has 1 fully saturated rings. The molecule has 0 amide bonds. The van der Waals surface area contributed by atoms with E-state index < -0.39 is 15.9 Å². The van der Waals surface area contributed by atoms with Crippen molar-refractivity contribution in [3.63, 3.8) is 0 Å². The second-order valence-electron chi connectivity index (χ2n) is 7.11. The third-order valence-corrected chi connectivity index (χ3v) is 6.98. The Balaban J connectivity index is 1.81. The van der Waals surface area contributed by atoms with Crippen molar-refractivity contribution in [2.45, 2.75) is 25.2 Å². The van der Waals surface area contributed by atoms with E-state index in [1.807, 2.05) is 13.0 Å². The molecule has 27 heavy (non-hydrogen) atoms. The van der Waals surface area contributed by atoms with Gasteiger partial charge in [0.15, 0.2) is 5.78 Å². The Morgan fingerprint density at radius 1 is 1.00 bits per heavy atom. The van der Waals surface area contributed by atoms with Crippen LogP contribution in [0, 0.1) is 18.8 Å². The number of carbonyl (C=O) groups excluding carboxylic acids is 2. The highest BCUT2D eigenvalue weighted by atomic mass is 32.2. The van der Waals surface area contributed by atoms with Crippen LogP contribution in [0.1, 0.15) is 29.3 Å². The summed E-state index contributed by atoms with van der Waals surface area (Å²) in [5, 5.41) is 0. The summed E-state index contributed by atoms with van der Waals surface area (Å²) in [7, 11) is -3.69. The molecule has 0 spiro atoms. The van der Waals surface area contributed by atoms with Gasteiger partial charge in [-0.3, -0.25) is 9.59 Å². The molecule has 0 N–H and O–H groups in total. The smallest absolute Gasteiger partial charge is 0.243 e. The molecule has 142 valence electrons. The van der Waals surface area contributed by atoms with E-state index in [1.54, 1.807) is 48.5 Å². The maximum absolute atomic E-state index is 12.9. The van der Waals surface area contributed by atoms with Gasteiger partial charge in [0.1, 0.15) is 5.78 Å². The summed E-state index contributed by atoms with van der Waals surface area (Å²) < 4.78 is 27.2. The molecule has 2 aromatic rings. The Kier molecular flexibility index (Phi) is 5.58. The summed E-state index contributed by atoms with van der Waals surface area (Å²) in [6.07, 6.45) is 0.161. The Morgan fingerprint density at radius 3 is 2.22 bits per heavy atom. The summed E-state index contributed by atoms with van der Waals surface area (Å²) in [4.78, 5) is 24.9. The molecule has 3 rings (SSSR count). The van der Waals surface area contributed by atoms with Crippen molar-refractivity contribution >= 4 is 21.6 Å². The Bertz CT molecular complexity index is 936. The van der Waals surface area contributed by atoms with E-state index in [1.165, 1.54) is 11.2 Å². The van der Waals surface area contributed by atoms with Gasteiger partial charge in [-0.1, -0.05) is 48.0 Å². The lowest BCUT2D eigenvalue weighted by Gasteiger charge is -2.16. The largest absolute Gasteiger partial charge is 0.300 e. The minimum absolute atomic E-state index is 0.0681. The average Bonchev–Trinajstić information content (AvgIpc) is 3.08. The van der Waals surface area contributed by atoms with Crippen molar-refractivity contribution in [1.29, 1.82) is 0 Å². The van der Waals surface area contributed by atoms with E-state index in [2.05, 4.69) is 0 Å². The summed E-state index contributed by atoms with van der Waals surface area (Å²) in [5.74, 6) is -0.919. The lowest BCUT2D eigenvalue weighted by Crippen LogP contribution is -2.29. The fraction of sp³-hybridized carbons (Fsp3) is 0.333. The van der Waals surface area contributed by atoms with E-state index in [0.717, 1.165) is 5.56 Å². The molecular formula is C21H23NO4S. The fourth-order valence-corrected chi connectivity index (χ4v) is 5.06. The van der Waals surface area contributed by atoms with E-state index in [-0.39, 0.29) is 41.9 Å². The third kappa shape index (κ3) is 4.17. The number of hydrogen-bond acceptors (Lipinski definition) is 4. The van der Waals surface area contributed by atoms with Crippen molar-refractivity contribution < 1.29 is 18.0 Å². The van der Waals surface area contributed by atoms with Gasteiger partial charge in [-0.15, -0.1) is 0 Å². The molecule has 0 bridgehead atoms. The molecule has 2 aromatic carbocycles. The number of sulfonamides is 1. The van der Waals surface area contributed by atoms with Gasteiger partial charge in [0.25, 0.3) is 0 Å². The summed E-state index contributed by atoms with van der Waals surface area (Å²) in [5.41, 5.74) is 1.56. The van der Waals surface area contributed by atoms with Gasteiger partial charge in [-0.2, -0.15) is 4.31 Å². The number of ketones is 2. The topological polar surface area (TPSA) is 71.5 Å². The number of nitrogens with zero attached hydrogens (tertiary/aromatic N) is 1. The van der Waals surface area contributed by atoms with Gasteiger partial charge in [0.05, 0.1) is 4.90 Å². The molecule has 0 aliphatic carbocycles. The van der Waals surface area contributed by atoms with E-state index in [0.29, 0.717) is 5.56 Å². The second kappa shape index (κ2) is 7.74. The van der Waals surface area contributed by atoms with Gasteiger partial charge in [-0.05, 0) is 31.9 Å². The van der Waals surface area contributed by atoms with Crippen molar-refractivity contribution in [3.05, 3.63) is 65.7 Å². The van der Waals surface area contributed by atoms with Crippen LogP contribution in [-0.4, -0.2) is 37.4 Å². The summed E-state index contributed by atoms with van der Waals surface area (Å²) in [6, 6.07) is 15.6. The SMILES string of the molecule is CC(=O)C1CN(S(=O)(=O)c2ccc(C)cc2)CC1CC(=O)c1ccccc1. The average molecular weight is 385 g/mol. The number of Topliss-reactive ketones (excluding diaryl/α,β-unsaturated/α-hetero) is 2. The molecule has 2 unspecified atom stereocenters. The maximum Gasteiger partial charge on any atom is 0.243 e. The molecule has 0 aromatic heterocycles.